The fourth-order valence-corrected chi connectivity index (χ4v) is 1.04. The minimum atomic E-state index is 0.00735. The lowest BCUT2D eigenvalue weighted by Crippen LogP contribution is -2.06. The highest BCUT2D eigenvalue weighted by Gasteiger charge is 2.09. The zero-order valence-electron chi connectivity index (χ0n) is 9.74. The Bertz CT molecular complexity index is 344. The van der Waals surface area contributed by atoms with Crippen molar-refractivity contribution < 1.29 is 4.79 Å². The molecule has 0 N–H and O–H groups in total. The maximum absolute atomic E-state index is 11.5. The summed E-state index contributed by atoms with van der Waals surface area (Å²) in [6.45, 7) is 7.72. The molecule has 0 unspecified atom stereocenters. The van der Waals surface area contributed by atoms with Crippen LogP contribution in [0.15, 0.2) is 24.3 Å². The summed E-state index contributed by atoms with van der Waals surface area (Å²) in [6, 6.07) is 8.73. The van der Waals surface area contributed by atoms with Crippen molar-refractivity contribution in [2.75, 3.05) is 0 Å². The molecular formula is C13H17NO. The van der Waals surface area contributed by atoms with Gasteiger partial charge in [-0.1, -0.05) is 39.8 Å². The molecule has 0 fully saturated rings. The first-order chi connectivity index (χ1) is 7.15. The maximum atomic E-state index is 11.5. The Hall–Kier alpha value is -1.62. The van der Waals surface area contributed by atoms with E-state index in [1.54, 1.807) is 24.3 Å². The van der Waals surface area contributed by atoms with Crippen LogP contribution in [0.1, 0.15) is 43.6 Å². The Kier molecular flexibility index (Phi) is 6.05. The van der Waals surface area contributed by atoms with E-state index < -0.39 is 0 Å². The molecule has 0 spiro atoms. The normalized spacial score (nSPS) is 8.80. The molecule has 0 aliphatic carbocycles. The highest BCUT2D eigenvalue weighted by molar-refractivity contribution is 5.97. The fourth-order valence-electron chi connectivity index (χ4n) is 1.04. The SMILES string of the molecule is CC.CC(C)C(=O)c1ccc(C#N)cc1. The van der Waals surface area contributed by atoms with Gasteiger partial charge in [0.25, 0.3) is 0 Å². The molecule has 1 aromatic carbocycles. The number of nitriles is 1. The van der Waals surface area contributed by atoms with Crippen LogP contribution in [0.4, 0.5) is 0 Å². The Balaban J connectivity index is 0.000000921. The number of nitrogens with zero attached hydrogens (tertiary/aromatic N) is 1. The highest BCUT2D eigenvalue weighted by Crippen LogP contribution is 2.09. The van der Waals surface area contributed by atoms with Crippen molar-refractivity contribution in [2.24, 2.45) is 5.92 Å². The fraction of sp³-hybridized carbons (Fsp3) is 0.385. The van der Waals surface area contributed by atoms with Crippen molar-refractivity contribution in [2.45, 2.75) is 27.7 Å². The van der Waals surface area contributed by atoms with E-state index >= 15 is 0 Å². The first kappa shape index (κ1) is 13.4. The molecule has 0 saturated heterocycles. The Morgan fingerprint density at radius 2 is 1.67 bits per heavy atom. The van der Waals surface area contributed by atoms with Crippen LogP contribution in [-0.2, 0) is 0 Å². The summed E-state index contributed by atoms with van der Waals surface area (Å²) < 4.78 is 0. The minimum absolute atomic E-state index is 0.00735. The molecule has 0 bridgehead atoms. The van der Waals surface area contributed by atoms with E-state index in [9.17, 15) is 4.79 Å². The Labute approximate surface area is 91.5 Å². The van der Waals surface area contributed by atoms with Gasteiger partial charge in [0.1, 0.15) is 0 Å². The van der Waals surface area contributed by atoms with Crippen LogP contribution in [0.25, 0.3) is 0 Å². The van der Waals surface area contributed by atoms with Gasteiger partial charge < -0.3 is 0 Å². The van der Waals surface area contributed by atoms with E-state index in [0.717, 1.165) is 0 Å². The zero-order chi connectivity index (χ0) is 11.8. The summed E-state index contributed by atoms with van der Waals surface area (Å²) in [5.74, 6) is 0.123. The molecule has 2 nitrogen and oxygen atoms in total. The van der Waals surface area contributed by atoms with Crippen LogP contribution in [-0.4, -0.2) is 5.78 Å². The number of benzene rings is 1. The topological polar surface area (TPSA) is 40.9 Å². The third kappa shape index (κ3) is 3.95. The molecule has 1 aromatic rings. The minimum Gasteiger partial charge on any atom is -0.294 e. The van der Waals surface area contributed by atoms with Crippen LogP contribution in [0.3, 0.4) is 0 Å². The van der Waals surface area contributed by atoms with E-state index in [1.165, 1.54) is 0 Å². The van der Waals surface area contributed by atoms with Crippen LogP contribution in [0, 0.1) is 17.2 Å². The number of Topliss-reactive ketones (excluding diaryl/α,β-unsaturated/α-hetero) is 1. The standard InChI is InChI=1S/C11H11NO.C2H6/c1-8(2)11(13)10-5-3-9(7-12)4-6-10;1-2/h3-6,8H,1-2H3;1-2H3. The summed E-state index contributed by atoms with van der Waals surface area (Å²) >= 11 is 0. The number of hydrogen-bond acceptors (Lipinski definition) is 2. The summed E-state index contributed by atoms with van der Waals surface area (Å²) in [5, 5.41) is 8.54. The van der Waals surface area contributed by atoms with Crippen molar-refractivity contribution >= 4 is 5.78 Å². The lowest BCUT2D eigenvalue weighted by atomic mass is 10.0. The molecular weight excluding hydrogens is 186 g/mol. The molecule has 0 amide bonds. The summed E-state index contributed by atoms with van der Waals surface area (Å²) in [6.07, 6.45) is 0. The van der Waals surface area contributed by atoms with Gasteiger partial charge in [0, 0.05) is 11.5 Å². The summed E-state index contributed by atoms with van der Waals surface area (Å²) in [7, 11) is 0. The van der Waals surface area contributed by atoms with E-state index in [-0.39, 0.29) is 11.7 Å². The molecule has 0 aromatic heterocycles. The van der Waals surface area contributed by atoms with Crippen LogP contribution >= 0.6 is 0 Å². The maximum Gasteiger partial charge on any atom is 0.165 e. The number of rotatable bonds is 2. The third-order valence-electron chi connectivity index (χ3n) is 1.82. The van der Waals surface area contributed by atoms with Crippen molar-refractivity contribution in [3.05, 3.63) is 35.4 Å². The molecule has 15 heavy (non-hydrogen) atoms. The van der Waals surface area contributed by atoms with Gasteiger partial charge in [0.05, 0.1) is 11.6 Å². The van der Waals surface area contributed by atoms with E-state index in [2.05, 4.69) is 0 Å². The molecule has 80 valence electrons. The van der Waals surface area contributed by atoms with Gasteiger partial charge >= 0.3 is 0 Å². The zero-order valence-corrected chi connectivity index (χ0v) is 9.74. The molecule has 0 atom stereocenters. The predicted octanol–water partition coefficient (Wildman–Crippen LogP) is 3.42. The smallest absolute Gasteiger partial charge is 0.165 e. The lowest BCUT2D eigenvalue weighted by molar-refractivity contribution is 0.0939. The Morgan fingerprint density at radius 3 is 2.00 bits per heavy atom. The molecule has 0 aliphatic rings. The second-order valence-corrected chi connectivity index (χ2v) is 3.21. The number of carbonyl (C=O) groups excluding carboxylic acids is 1. The highest BCUT2D eigenvalue weighted by atomic mass is 16.1. The van der Waals surface area contributed by atoms with Gasteiger partial charge in [-0.2, -0.15) is 5.26 Å². The van der Waals surface area contributed by atoms with Crippen LogP contribution in [0.2, 0.25) is 0 Å². The molecule has 1 rings (SSSR count). The first-order valence-electron chi connectivity index (χ1n) is 5.19. The van der Waals surface area contributed by atoms with E-state index in [1.807, 2.05) is 33.8 Å². The van der Waals surface area contributed by atoms with Crippen molar-refractivity contribution in [3.8, 4) is 6.07 Å². The lowest BCUT2D eigenvalue weighted by Gasteiger charge is -2.02. The average Bonchev–Trinajstić information content (AvgIpc) is 2.31. The summed E-state index contributed by atoms with van der Waals surface area (Å²) in [4.78, 5) is 11.5. The molecule has 0 saturated carbocycles. The third-order valence-corrected chi connectivity index (χ3v) is 1.82. The average molecular weight is 203 g/mol. The predicted molar refractivity (Wildman–Crippen MR) is 61.7 cm³/mol. The van der Waals surface area contributed by atoms with Gasteiger partial charge in [-0.3, -0.25) is 4.79 Å². The van der Waals surface area contributed by atoms with Crippen molar-refractivity contribution in [1.29, 1.82) is 5.26 Å². The van der Waals surface area contributed by atoms with Crippen LogP contribution in [0.5, 0.6) is 0 Å². The van der Waals surface area contributed by atoms with Crippen molar-refractivity contribution in [1.82, 2.24) is 0 Å². The van der Waals surface area contributed by atoms with E-state index in [4.69, 9.17) is 5.26 Å². The molecule has 0 heterocycles. The largest absolute Gasteiger partial charge is 0.294 e. The van der Waals surface area contributed by atoms with Gasteiger partial charge in [0.15, 0.2) is 5.78 Å². The van der Waals surface area contributed by atoms with Gasteiger partial charge in [-0.25, -0.2) is 0 Å². The molecule has 0 aliphatic heterocycles. The van der Waals surface area contributed by atoms with Gasteiger partial charge in [-0.15, -0.1) is 0 Å². The van der Waals surface area contributed by atoms with Crippen LogP contribution < -0.4 is 0 Å². The monoisotopic (exact) mass is 203 g/mol. The molecule has 2 heteroatoms. The Morgan fingerprint density at radius 1 is 1.20 bits per heavy atom. The first-order valence-corrected chi connectivity index (χ1v) is 5.19. The number of carbonyl (C=O) groups is 1. The number of ketones is 1. The van der Waals surface area contributed by atoms with E-state index in [0.29, 0.717) is 11.1 Å². The van der Waals surface area contributed by atoms with Crippen molar-refractivity contribution in [3.63, 3.8) is 0 Å². The molecule has 0 radical (unpaired) electrons. The quantitative estimate of drug-likeness (QED) is 0.691. The second kappa shape index (κ2) is 6.78. The summed E-state index contributed by atoms with van der Waals surface area (Å²) in [5.41, 5.74) is 1.26. The van der Waals surface area contributed by atoms with Gasteiger partial charge in [-0.05, 0) is 12.1 Å². The van der Waals surface area contributed by atoms with Gasteiger partial charge in [0.2, 0.25) is 0 Å². The number of hydrogen-bond donors (Lipinski definition) is 0. The second-order valence-electron chi connectivity index (χ2n) is 3.21.